The molecule has 0 unspecified atom stereocenters. The van der Waals surface area contributed by atoms with Crippen molar-refractivity contribution in [2.24, 2.45) is 0 Å². The van der Waals surface area contributed by atoms with Gasteiger partial charge in [-0.25, -0.2) is 8.42 Å². The van der Waals surface area contributed by atoms with Crippen LogP contribution in [0.5, 0.6) is 0 Å². The number of aryl methyl sites for hydroxylation is 2. The van der Waals surface area contributed by atoms with Gasteiger partial charge in [0.25, 0.3) is 0 Å². The number of amides is 1. The minimum Gasteiger partial charge on any atom is -0.375 e. The number of nitrogens with zero attached hydrogens (tertiary/aromatic N) is 2. The first-order chi connectivity index (χ1) is 13.0. The number of hydrogen-bond donors (Lipinski definition) is 1. The van der Waals surface area contributed by atoms with Crippen LogP contribution in [0, 0.1) is 0 Å². The number of carbonyl (C=O) groups excluding carboxylic acids is 1. The third-order valence-electron chi connectivity index (χ3n) is 5.84. The van der Waals surface area contributed by atoms with Gasteiger partial charge in [0.15, 0.2) is 0 Å². The van der Waals surface area contributed by atoms with E-state index in [-0.39, 0.29) is 30.5 Å². The molecule has 1 amide bonds. The number of sulfonamides is 1. The first-order valence-corrected chi connectivity index (χ1v) is 11.2. The summed E-state index contributed by atoms with van der Waals surface area (Å²) in [4.78, 5) is 14.9. The lowest BCUT2D eigenvalue weighted by Crippen LogP contribution is -2.60. The molecule has 4 rings (SSSR count). The van der Waals surface area contributed by atoms with Gasteiger partial charge >= 0.3 is 0 Å². The van der Waals surface area contributed by atoms with Crippen molar-refractivity contribution >= 4 is 28.3 Å². The van der Waals surface area contributed by atoms with E-state index in [0.717, 1.165) is 24.8 Å². The maximum atomic E-state index is 13.0. The Bertz CT molecular complexity index is 824. The van der Waals surface area contributed by atoms with E-state index in [2.05, 4.69) is 5.32 Å². The van der Waals surface area contributed by atoms with Crippen LogP contribution < -0.4 is 5.32 Å². The van der Waals surface area contributed by atoms with Crippen LogP contribution in [0.3, 0.4) is 0 Å². The molecule has 0 radical (unpaired) electrons. The van der Waals surface area contributed by atoms with Gasteiger partial charge in [0.05, 0.1) is 17.6 Å². The van der Waals surface area contributed by atoms with Crippen molar-refractivity contribution in [2.45, 2.75) is 43.2 Å². The summed E-state index contributed by atoms with van der Waals surface area (Å²) in [6.45, 7) is 4.64. The number of rotatable bonds is 3. The Kier molecular flexibility index (Phi) is 6.66. The molecular formula is C19H28ClN3O4S. The van der Waals surface area contributed by atoms with Crippen molar-refractivity contribution in [1.82, 2.24) is 14.5 Å². The molecule has 9 heteroatoms. The van der Waals surface area contributed by atoms with E-state index in [0.29, 0.717) is 44.2 Å². The van der Waals surface area contributed by atoms with Gasteiger partial charge in [0, 0.05) is 32.7 Å². The Hall–Kier alpha value is -1.19. The van der Waals surface area contributed by atoms with Crippen LogP contribution in [0.15, 0.2) is 23.1 Å². The monoisotopic (exact) mass is 429 g/mol. The van der Waals surface area contributed by atoms with Crippen molar-refractivity contribution < 1.29 is 17.9 Å². The molecule has 1 aromatic carbocycles. The lowest BCUT2D eigenvalue weighted by Gasteiger charge is -2.38. The first-order valence-electron chi connectivity index (χ1n) is 9.72. The second-order valence-corrected chi connectivity index (χ2v) is 9.46. The molecule has 2 saturated heterocycles. The van der Waals surface area contributed by atoms with E-state index in [4.69, 9.17) is 4.74 Å². The summed E-state index contributed by atoms with van der Waals surface area (Å²) < 4.78 is 33.1. The summed E-state index contributed by atoms with van der Waals surface area (Å²) in [5.74, 6) is -0.00298. The molecule has 0 spiro atoms. The smallest absolute Gasteiger partial charge is 0.243 e. The highest BCUT2D eigenvalue weighted by atomic mass is 35.5. The van der Waals surface area contributed by atoms with Gasteiger partial charge in [-0.2, -0.15) is 4.31 Å². The Morgan fingerprint density at radius 2 is 1.86 bits per heavy atom. The number of nitrogens with one attached hydrogen (secondary N) is 1. The number of carbonyl (C=O) groups is 1. The largest absolute Gasteiger partial charge is 0.375 e. The van der Waals surface area contributed by atoms with Crippen LogP contribution in [0.4, 0.5) is 0 Å². The Morgan fingerprint density at radius 3 is 2.57 bits per heavy atom. The lowest BCUT2D eigenvalue weighted by atomic mass is 10.1. The summed E-state index contributed by atoms with van der Waals surface area (Å²) in [5, 5.41) is 3.21. The van der Waals surface area contributed by atoms with E-state index >= 15 is 0 Å². The van der Waals surface area contributed by atoms with Crippen LogP contribution >= 0.6 is 12.4 Å². The highest BCUT2D eigenvalue weighted by molar-refractivity contribution is 7.89. The average Bonchev–Trinajstić information content (AvgIpc) is 3.16. The number of benzene rings is 1. The van der Waals surface area contributed by atoms with Gasteiger partial charge in [0.2, 0.25) is 15.9 Å². The molecule has 3 aliphatic rings. The summed E-state index contributed by atoms with van der Waals surface area (Å²) in [6.07, 6.45) is 2.92. The maximum absolute atomic E-state index is 13.0. The van der Waals surface area contributed by atoms with E-state index in [9.17, 15) is 13.2 Å². The molecule has 28 heavy (non-hydrogen) atoms. The van der Waals surface area contributed by atoms with Crippen molar-refractivity contribution in [3.63, 3.8) is 0 Å². The third kappa shape index (κ3) is 4.07. The fraction of sp³-hybridized carbons (Fsp3) is 0.632. The molecule has 1 aliphatic carbocycles. The van der Waals surface area contributed by atoms with E-state index < -0.39 is 10.0 Å². The number of piperazine rings is 1. The van der Waals surface area contributed by atoms with E-state index in [1.54, 1.807) is 11.0 Å². The standard InChI is InChI=1S/C19H27N3O4S.ClH/c1-14-18(20-7-12-26-14)19(23)21-8-10-22(11-9-21)27(24,25)17-6-5-15-3-2-4-16(15)13-17;/h5-6,13-14,18,20H,2-4,7-12H2,1H3;1H/t14-,18+;/m1./s1. The van der Waals surface area contributed by atoms with E-state index in [1.807, 2.05) is 19.1 Å². The fourth-order valence-electron chi connectivity index (χ4n) is 4.21. The van der Waals surface area contributed by atoms with E-state index in [1.165, 1.54) is 9.87 Å². The SMILES string of the molecule is C[C@H]1OCCN[C@@H]1C(=O)N1CCN(S(=O)(=O)c2ccc3c(c2)CCC3)CC1.Cl. The molecule has 2 fully saturated rings. The molecule has 7 nitrogen and oxygen atoms in total. The molecule has 156 valence electrons. The van der Waals surface area contributed by atoms with Crippen LogP contribution in [0.2, 0.25) is 0 Å². The molecule has 1 aromatic rings. The zero-order chi connectivity index (χ0) is 19.0. The average molecular weight is 430 g/mol. The molecule has 0 aromatic heterocycles. The molecule has 0 saturated carbocycles. The predicted molar refractivity (Wildman–Crippen MR) is 108 cm³/mol. The molecular weight excluding hydrogens is 402 g/mol. The Morgan fingerprint density at radius 1 is 1.14 bits per heavy atom. The maximum Gasteiger partial charge on any atom is 0.243 e. The number of morpholine rings is 1. The van der Waals surface area contributed by atoms with Crippen molar-refractivity contribution in [2.75, 3.05) is 39.3 Å². The van der Waals surface area contributed by atoms with Gasteiger partial charge in [-0.3, -0.25) is 4.79 Å². The highest BCUT2D eigenvalue weighted by Gasteiger charge is 2.35. The number of hydrogen-bond acceptors (Lipinski definition) is 5. The molecule has 0 bridgehead atoms. The molecule has 2 heterocycles. The van der Waals surface area contributed by atoms with Crippen LogP contribution in [-0.2, 0) is 32.4 Å². The fourth-order valence-corrected chi connectivity index (χ4v) is 5.69. The van der Waals surface area contributed by atoms with Gasteiger partial charge in [-0.05, 0) is 49.4 Å². The molecule has 1 N–H and O–H groups in total. The first kappa shape index (κ1) is 21.5. The number of halogens is 1. The predicted octanol–water partition coefficient (Wildman–Crippen LogP) is 0.807. The highest BCUT2D eigenvalue weighted by Crippen LogP contribution is 2.26. The minimum absolute atomic E-state index is 0. The minimum atomic E-state index is -3.51. The number of ether oxygens (including phenoxy) is 1. The summed E-state index contributed by atoms with van der Waals surface area (Å²) in [5.41, 5.74) is 2.42. The van der Waals surface area contributed by atoms with Crippen molar-refractivity contribution in [3.05, 3.63) is 29.3 Å². The Balaban J connectivity index is 0.00000225. The van der Waals surface area contributed by atoms with Gasteiger partial charge < -0.3 is 15.0 Å². The summed E-state index contributed by atoms with van der Waals surface area (Å²) in [6, 6.07) is 5.16. The summed E-state index contributed by atoms with van der Waals surface area (Å²) >= 11 is 0. The van der Waals surface area contributed by atoms with Gasteiger partial charge in [0.1, 0.15) is 6.04 Å². The van der Waals surface area contributed by atoms with Crippen molar-refractivity contribution in [1.29, 1.82) is 0 Å². The molecule has 2 aliphatic heterocycles. The Labute approximate surface area is 172 Å². The summed E-state index contributed by atoms with van der Waals surface area (Å²) in [7, 11) is -3.51. The topological polar surface area (TPSA) is 79.0 Å². The lowest BCUT2D eigenvalue weighted by molar-refractivity contribution is -0.140. The number of fused-ring (bicyclic) bond motifs is 1. The van der Waals surface area contributed by atoms with Crippen molar-refractivity contribution in [3.8, 4) is 0 Å². The zero-order valence-corrected chi connectivity index (χ0v) is 17.7. The zero-order valence-electron chi connectivity index (χ0n) is 16.1. The normalized spacial score (nSPS) is 25.8. The van der Waals surface area contributed by atoms with Gasteiger partial charge in [-0.1, -0.05) is 6.07 Å². The molecule has 2 atom stereocenters. The van der Waals surface area contributed by atoms with Crippen LogP contribution in [0.1, 0.15) is 24.5 Å². The van der Waals surface area contributed by atoms with Gasteiger partial charge in [-0.15, -0.1) is 12.4 Å². The van der Waals surface area contributed by atoms with Crippen LogP contribution in [0.25, 0.3) is 0 Å². The second kappa shape index (κ2) is 8.67. The third-order valence-corrected chi connectivity index (χ3v) is 7.74. The quantitative estimate of drug-likeness (QED) is 0.769. The second-order valence-electron chi connectivity index (χ2n) is 7.52. The van der Waals surface area contributed by atoms with Crippen LogP contribution in [-0.4, -0.2) is 75.0 Å².